The molecule has 0 saturated carbocycles. The average molecular weight is 370 g/mol. The van der Waals surface area contributed by atoms with E-state index in [4.69, 9.17) is 0 Å². The second-order valence-electron chi connectivity index (χ2n) is 7.36. The third kappa shape index (κ3) is 3.39. The van der Waals surface area contributed by atoms with Gasteiger partial charge in [-0.05, 0) is 30.9 Å². The number of imide groups is 1. The Labute approximate surface area is 157 Å². The Bertz CT molecular complexity index is 765. The maximum atomic E-state index is 12.8. The van der Waals surface area contributed by atoms with Crippen molar-refractivity contribution in [3.8, 4) is 0 Å². The van der Waals surface area contributed by atoms with Gasteiger partial charge in [0.25, 0.3) is 11.8 Å². The van der Waals surface area contributed by atoms with Crippen molar-refractivity contribution in [2.24, 2.45) is 5.92 Å². The summed E-state index contributed by atoms with van der Waals surface area (Å²) in [5.41, 5.74) is 0.649. The molecule has 4 aliphatic rings. The lowest BCUT2D eigenvalue weighted by Gasteiger charge is -2.36. The minimum absolute atomic E-state index is 0.0177. The van der Waals surface area contributed by atoms with Crippen LogP contribution in [0.4, 0.5) is 4.79 Å². The Hall–Kier alpha value is -2.90. The fraction of sp³-hybridized carbons (Fsp3) is 0.474. The van der Waals surface area contributed by atoms with Gasteiger partial charge in [0.1, 0.15) is 6.54 Å². The number of rotatable bonds is 3. The topological polar surface area (TPSA) is 90.0 Å². The highest BCUT2D eigenvalue weighted by Gasteiger charge is 2.40. The summed E-state index contributed by atoms with van der Waals surface area (Å²) in [6, 6.07) is 8.56. The van der Waals surface area contributed by atoms with Gasteiger partial charge in [0.15, 0.2) is 0 Å². The van der Waals surface area contributed by atoms with Gasteiger partial charge in [-0.3, -0.25) is 19.3 Å². The molecule has 2 bridgehead atoms. The van der Waals surface area contributed by atoms with Gasteiger partial charge in [0.2, 0.25) is 5.91 Å². The Balaban J connectivity index is 1.46. The minimum atomic E-state index is -0.519. The second-order valence-corrected chi connectivity index (χ2v) is 7.36. The number of urea groups is 1. The van der Waals surface area contributed by atoms with Gasteiger partial charge in [0.05, 0.1) is 6.54 Å². The molecule has 142 valence electrons. The van der Waals surface area contributed by atoms with E-state index in [-0.39, 0.29) is 42.8 Å². The van der Waals surface area contributed by atoms with Crippen LogP contribution in [0.15, 0.2) is 30.3 Å². The lowest BCUT2D eigenvalue weighted by molar-refractivity contribution is -0.139. The highest BCUT2D eigenvalue weighted by atomic mass is 16.2. The van der Waals surface area contributed by atoms with Gasteiger partial charge in [-0.1, -0.05) is 18.2 Å². The highest BCUT2D eigenvalue weighted by molar-refractivity contribution is 6.04. The van der Waals surface area contributed by atoms with E-state index in [1.54, 1.807) is 17.0 Å². The van der Waals surface area contributed by atoms with Crippen LogP contribution in [-0.4, -0.2) is 77.2 Å². The molecule has 2 atom stereocenters. The van der Waals surface area contributed by atoms with Gasteiger partial charge in [-0.2, -0.15) is 0 Å². The quantitative estimate of drug-likeness (QED) is 0.775. The number of amides is 5. The van der Waals surface area contributed by atoms with Gasteiger partial charge in [-0.25, -0.2) is 4.79 Å². The fourth-order valence-corrected chi connectivity index (χ4v) is 4.16. The van der Waals surface area contributed by atoms with E-state index in [9.17, 15) is 19.2 Å². The predicted octanol–water partition coefficient (Wildman–Crippen LogP) is 0.301. The van der Waals surface area contributed by atoms with E-state index in [2.05, 4.69) is 5.32 Å². The molecule has 5 amide bonds. The van der Waals surface area contributed by atoms with Crippen molar-refractivity contribution in [2.45, 2.75) is 18.9 Å². The summed E-state index contributed by atoms with van der Waals surface area (Å²) in [6.45, 7) is 1.37. The van der Waals surface area contributed by atoms with Crippen LogP contribution in [0.3, 0.4) is 0 Å². The maximum absolute atomic E-state index is 12.8. The number of benzene rings is 1. The number of carbonyl (C=O) groups is 4. The molecule has 5 rings (SSSR count). The van der Waals surface area contributed by atoms with Crippen molar-refractivity contribution in [3.05, 3.63) is 35.9 Å². The van der Waals surface area contributed by atoms with E-state index >= 15 is 0 Å². The molecule has 0 aliphatic carbocycles. The van der Waals surface area contributed by atoms with Crippen molar-refractivity contribution in [2.75, 3.05) is 32.7 Å². The molecule has 1 N–H and O–H groups in total. The summed E-state index contributed by atoms with van der Waals surface area (Å²) in [5, 5.41) is 2.43. The van der Waals surface area contributed by atoms with E-state index in [1.807, 2.05) is 23.1 Å². The highest BCUT2D eigenvalue weighted by Crippen LogP contribution is 2.29. The molecule has 2 unspecified atom stereocenters. The standard InChI is InChI=1S/C19H22N4O4/c24-16-8-20-19(27)23(16)12-17(25)22-10-13-6-7-15(22)11-21(9-13)18(26)14-4-2-1-3-5-14/h1-5,13,15H,6-12H2,(H,20,27). The third-order valence-electron chi connectivity index (χ3n) is 5.57. The Morgan fingerprint density at radius 2 is 1.81 bits per heavy atom. The van der Waals surface area contributed by atoms with Gasteiger partial charge in [0, 0.05) is 31.2 Å². The fourth-order valence-electron chi connectivity index (χ4n) is 4.16. The third-order valence-corrected chi connectivity index (χ3v) is 5.57. The summed E-state index contributed by atoms with van der Waals surface area (Å²) in [4.78, 5) is 53.6. The lowest BCUT2D eigenvalue weighted by Crippen LogP contribution is -2.51. The first kappa shape index (κ1) is 17.5. The van der Waals surface area contributed by atoms with Crippen LogP contribution >= 0.6 is 0 Å². The van der Waals surface area contributed by atoms with Crippen LogP contribution in [0.1, 0.15) is 23.2 Å². The second kappa shape index (κ2) is 7.02. The zero-order chi connectivity index (χ0) is 19.0. The van der Waals surface area contributed by atoms with Crippen molar-refractivity contribution in [1.82, 2.24) is 20.0 Å². The van der Waals surface area contributed by atoms with Crippen LogP contribution in [0.25, 0.3) is 0 Å². The number of nitrogens with one attached hydrogen (secondary N) is 1. The summed E-state index contributed by atoms with van der Waals surface area (Å²) >= 11 is 0. The molecule has 0 spiro atoms. The lowest BCUT2D eigenvalue weighted by atomic mass is 9.95. The Morgan fingerprint density at radius 1 is 1.04 bits per heavy atom. The first-order chi connectivity index (χ1) is 13.0. The first-order valence-electron chi connectivity index (χ1n) is 9.25. The molecule has 0 radical (unpaired) electrons. The SMILES string of the molecule is O=C(c1ccccc1)N1CC2CCC(C1)N(C(=O)CN1C(=O)CNC1=O)C2. The largest absolute Gasteiger partial charge is 0.336 e. The van der Waals surface area contributed by atoms with Crippen molar-refractivity contribution in [1.29, 1.82) is 0 Å². The molecule has 4 aliphatic heterocycles. The summed E-state index contributed by atoms with van der Waals surface area (Å²) < 4.78 is 0. The van der Waals surface area contributed by atoms with Crippen molar-refractivity contribution < 1.29 is 19.2 Å². The molecule has 0 aromatic heterocycles. The van der Waals surface area contributed by atoms with Crippen LogP contribution in [0.2, 0.25) is 0 Å². The number of carbonyl (C=O) groups excluding carboxylic acids is 4. The van der Waals surface area contributed by atoms with Crippen LogP contribution in [-0.2, 0) is 9.59 Å². The predicted molar refractivity (Wildman–Crippen MR) is 95.7 cm³/mol. The van der Waals surface area contributed by atoms with E-state index < -0.39 is 6.03 Å². The summed E-state index contributed by atoms with van der Waals surface area (Å²) in [5.74, 6) is -0.419. The molecule has 4 fully saturated rings. The first-order valence-corrected chi connectivity index (χ1v) is 9.25. The Morgan fingerprint density at radius 3 is 2.52 bits per heavy atom. The zero-order valence-corrected chi connectivity index (χ0v) is 15.0. The van der Waals surface area contributed by atoms with E-state index in [0.29, 0.717) is 25.2 Å². The number of hydrogen-bond donors (Lipinski definition) is 1. The van der Waals surface area contributed by atoms with Gasteiger partial charge >= 0.3 is 6.03 Å². The molecule has 1 aromatic rings. The average Bonchev–Trinajstić information content (AvgIpc) is 2.88. The summed E-state index contributed by atoms with van der Waals surface area (Å²) in [7, 11) is 0. The molecule has 8 heteroatoms. The summed E-state index contributed by atoms with van der Waals surface area (Å²) in [6.07, 6.45) is 1.80. The number of piperidine rings is 1. The molecule has 4 heterocycles. The van der Waals surface area contributed by atoms with E-state index in [1.165, 1.54) is 0 Å². The molecular weight excluding hydrogens is 348 g/mol. The van der Waals surface area contributed by atoms with Gasteiger partial charge < -0.3 is 15.1 Å². The van der Waals surface area contributed by atoms with Gasteiger partial charge in [-0.15, -0.1) is 0 Å². The van der Waals surface area contributed by atoms with Crippen LogP contribution in [0.5, 0.6) is 0 Å². The number of nitrogens with zero attached hydrogens (tertiary/aromatic N) is 3. The normalized spacial score (nSPS) is 24.8. The zero-order valence-electron chi connectivity index (χ0n) is 15.0. The number of fused-ring (bicyclic) bond motifs is 4. The number of hydrogen-bond acceptors (Lipinski definition) is 4. The van der Waals surface area contributed by atoms with Crippen molar-refractivity contribution in [3.63, 3.8) is 0 Å². The van der Waals surface area contributed by atoms with Crippen LogP contribution in [0, 0.1) is 5.92 Å². The molecule has 8 nitrogen and oxygen atoms in total. The smallest absolute Gasteiger partial charge is 0.325 e. The molecular formula is C19H22N4O4. The minimum Gasteiger partial charge on any atom is -0.336 e. The molecule has 1 aromatic carbocycles. The van der Waals surface area contributed by atoms with Crippen molar-refractivity contribution >= 4 is 23.8 Å². The van der Waals surface area contributed by atoms with E-state index in [0.717, 1.165) is 17.7 Å². The Kier molecular flexibility index (Phi) is 4.55. The molecule has 4 saturated heterocycles. The molecule has 27 heavy (non-hydrogen) atoms. The maximum Gasteiger partial charge on any atom is 0.325 e. The monoisotopic (exact) mass is 370 g/mol. The van der Waals surface area contributed by atoms with Crippen LogP contribution < -0.4 is 5.32 Å².